The first kappa shape index (κ1) is 21.2. The van der Waals surface area contributed by atoms with Crippen LogP contribution in [-0.4, -0.2) is 18.9 Å². The van der Waals surface area contributed by atoms with Gasteiger partial charge in [0.15, 0.2) is 0 Å². The van der Waals surface area contributed by atoms with Gasteiger partial charge in [-0.15, -0.1) is 0 Å². The minimum atomic E-state index is -0.213. The van der Waals surface area contributed by atoms with Crippen LogP contribution in [0.4, 0.5) is 5.69 Å². The Morgan fingerprint density at radius 2 is 1.90 bits per heavy atom. The van der Waals surface area contributed by atoms with E-state index in [1.807, 2.05) is 61.5 Å². The number of fused-ring (bicyclic) bond motifs is 1. The zero-order chi connectivity index (χ0) is 22.0. The quantitative estimate of drug-likeness (QED) is 0.522. The zero-order valence-electron chi connectivity index (χ0n) is 17.2. The fourth-order valence-electron chi connectivity index (χ4n) is 3.37. The highest BCUT2D eigenvalue weighted by atomic mass is 35.5. The summed E-state index contributed by atoms with van der Waals surface area (Å²) >= 11 is 7.58. The molecule has 0 atom stereocenters. The molecule has 0 unspecified atom stereocenters. The summed E-state index contributed by atoms with van der Waals surface area (Å²) in [5.41, 5.74) is 4.20. The van der Waals surface area contributed by atoms with Gasteiger partial charge in [-0.2, -0.15) is 0 Å². The third kappa shape index (κ3) is 4.68. The molecule has 4 rings (SSSR count). The van der Waals surface area contributed by atoms with Crippen molar-refractivity contribution in [2.45, 2.75) is 18.4 Å². The van der Waals surface area contributed by atoms with Crippen LogP contribution >= 0.6 is 23.4 Å². The molecule has 4 nitrogen and oxygen atoms in total. The molecular formula is C25H21ClN2O2S. The molecular weight excluding hydrogens is 428 g/mol. The smallest absolute Gasteiger partial charge is 0.264 e. The number of hydrogen-bond donors (Lipinski definition) is 1. The van der Waals surface area contributed by atoms with Crippen molar-refractivity contribution < 1.29 is 9.59 Å². The summed E-state index contributed by atoms with van der Waals surface area (Å²) in [5, 5.41) is 3.50. The molecule has 0 aromatic heterocycles. The molecule has 1 N–H and O–H groups in total. The molecule has 1 aliphatic heterocycles. The number of rotatable bonds is 4. The summed E-state index contributed by atoms with van der Waals surface area (Å²) in [7, 11) is 1.73. The van der Waals surface area contributed by atoms with E-state index in [1.165, 1.54) is 11.8 Å². The SMILES string of the molecule is Cc1cccc(/C=C2/Sc3ccc(C(=O)NCc4ccccc4Cl)cc3N(C)C2=O)c1. The molecule has 0 aliphatic carbocycles. The molecule has 156 valence electrons. The van der Waals surface area contributed by atoms with Gasteiger partial charge in [-0.25, -0.2) is 0 Å². The van der Waals surface area contributed by atoms with Crippen LogP contribution in [0, 0.1) is 6.92 Å². The van der Waals surface area contributed by atoms with Gasteiger partial charge in [0, 0.05) is 29.1 Å². The fraction of sp³-hybridized carbons (Fsp3) is 0.120. The average molecular weight is 449 g/mol. The minimum absolute atomic E-state index is 0.0902. The molecule has 3 aromatic rings. The van der Waals surface area contributed by atoms with E-state index in [1.54, 1.807) is 30.1 Å². The second-order valence-corrected chi connectivity index (χ2v) is 8.84. The molecule has 0 saturated heterocycles. The lowest BCUT2D eigenvalue weighted by molar-refractivity contribution is -0.114. The van der Waals surface area contributed by atoms with Crippen LogP contribution in [0.25, 0.3) is 6.08 Å². The number of anilines is 1. The van der Waals surface area contributed by atoms with Gasteiger partial charge in [-0.3, -0.25) is 9.59 Å². The van der Waals surface area contributed by atoms with Crippen molar-refractivity contribution in [2.75, 3.05) is 11.9 Å². The maximum atomic E-state index is 12.9. The molecule has 0 radical (unpaired) electrons. The van der Waals surface area contributed by atoms with E-state index < -0.39 is 0 Å². The van der Waals surface area contributed by atoms with Crippen molar-refractivity contribution >= 4 is 46.9 Å². The largest absolute Gasteiger partial charge is 0.348 e. The number of benzene rings is 3. The highest BCUT2D eigenvalue weighted by Gasteiger charge is 2.27. The Balaban J connectivity index is 1.54. The Morgan fingerprint density at radius 1 is 1.10 bits per heavy atom. The summed E-state index contributed by atoms with van der Waals surface area (Å²) in [4.78, 5) is 28.8. The predicted molar refractivity (Wildman–Crippen MR) is 127 cm³/mol. The Bertz CT molecular complexity index is 1210. The normalized spacial score (nSPS) is 14.5. The van der Waals surface area contributed by atoms with Crippen molar-refractivity contribution in [1.82, 2.24) is 5.32 Å². The Kier molecular flexibility index (Phi) is 6.16. The van der Waals surface area contributed by atoms with Gasteiger partial charge in [0.25, 0.3) is 11.8 Å². The monoisotopic (exact) mass is 448 g/mol. The van der Waals surface area contributed by atoms with Crippen molar-refractivity contribution in [1.29, 1.82) is 0 Å². The van der Waals surface area contributed by atoms with Gasteiger partial charge in [0.2, 0.25) is 0 Å². The summed E-state index contributed by atoms with van der Waals surface area (Å²) in [5.74, 6) is -0.303. The Hall–Kier alpha value is -3.02. The number of amides is 2. The number of carbonyl (C=O) groups excluding carboxylic acids is 2. The second-order valence-electron chi connectivity index (χ2n) is 7.35. The van der Waals surface area contributed by atoms with Gasteiger partial charge in [-0.05, 0) is 48.4 Å². The van der Waals surface area contributed by atoms with Crippen molar-refractivity contribution in [2.24, 2.45) is 0 Å². The number of aryl methyl sites for hydroxylation is 1. The van der Waals surface area contributed by atoms with Crippen LogP contribution < -0.4 is 10.2 Å². The van der Waals surface area contributed by atoms with E-state index >= 15 is 0 Å². The first-order valence-corrected chi connectivity index (χ1v) is 11.0. The van der Waals surface area contributed by atoms with Crippen LogP contribution in [0.15, 0.2) is 76.5 Å². The molecule has 0 spiro atoms. The minimum Gasteiger partial charge on any atom is -0.348 e. The van der Waals surface area contributed by atoms with E-state index in [-0.39, 0.29) is 11.8 Å². The predicted octanol–water partition coefficient (Wildman–Crippen LogP) is 5.69. The summed E-state index contributed by atoms with van der Waals surface area (Å²) in [6, 6.07) is 20.9. The number of nitrogens with zero attached hydrogens (tertiary/aromatic N) is 1. The first-order chi connectivity index (χ1) is 14.9. The molecule has 31 heavy (non-hydrogen) atoms. The topological polar surface area (TPSA) is 49.4 Å². The Labute approximate surface area is 190 Å². The van der Waals surface area contributed by atoms with E-state index in [0.717, 1.165) is 27.3 Å². The molecule has 1 heterocycles. The summed E-state index contributed by atoms with van der Waals surface area (Å²) < 4.78 is 0. The van der Waals surface area contributed by atoms with Crippen molar-refractivity contribution in [3.05, 3.63) is 98.9 Å². The maximum absolute atomic E-state index is 12.9. The highest BCUT2D eigenvalue weighted by molar-refractivity contribution is 8.04. The van der Waals surface area contributed by atoms with Crippen molar-refractivity contribution in [3.63, 3.8) is 0 Å². The van der Waals surface area contributed by atoms with Gasteiger partial charge in [0.05, 0.1) is 10.6 Å². The van der Waals surface area contributed by atoms with Crippen LogP contribution in [0.3, 0.4) is 0 Å². The first-order valence-electron chi connectivity index (χ1n) is 9.82. The van der Waals surface area contributed by atoms with Crippen LogP contribution in [-0.2, 0) is 11.3 Å². The van der Waals surface area contributed by atoms with Crippen molar-refractivity contribution in [3.8, 4) is 0 Å². The van der Waals surface area contributed by atoms with E-state index in [9.17, 15) is 9.59 Å². The highest BCUT2D eigenvalue weighted by Crippen LogP contribution is 2.42. The Morgan fingerprint density at radius 3 is 2.68 bits per heavy atom. The molecule has 3 aromatic carbocycles. The lowest BCUT2D eigenvalue weighted by Crippen LogP contribution is -2.31. The molecule has 2 amide bonds. The van der Waals surface area contributed by atoms with Crippen LogP contribution in [0.2, 0.25) is 5.02 Å². The summed E-state index contributed by atoms with van der Waals surface area (Å²) in [6.45, 7) is 2.36. The van der Waals surface area contributed by atoms with E-state index in [0.29, 0.717) is 22.0 Å². The van der Waals surface area contributed by atoms with E-state index in [2.05, 4.69) is 5.32 Å². The zero-order valence-corrected chi connectivity index (χ0v) is 18.8. The molecule has 0 saturated carbocycles. The third-order valence-corrected chi connectivity index (χ3v) is 6.50. The van der Waals surface area contributed by atoms with Gasteiger partial charge in [0.1, 0.15) is 0 Å². The molecule has 0 bridgehead atoms. The molecule has 6 heteroatoms. The van der Waals surface area contributed by atoms with Gasteiger partial charge in [-0.1, -0.05) is 71.4 Å². The third-order valence-electron chi connectivity index (χ3n) is 5.05. The number of nitrogens with one attached hydrogen (secondary N) is 1. The number of likely N-dealkylation sites (N-methyl/N-ethyl adjacent to an activating group) is 1. The lowest BCUT2D eigenvalue weighted by Gasteiger charge is -2.27. The van der Waals surface area contributed by atoms with Crippen LogP contribution in [0.5, 0.6) is 0 Å². The van der Waals surface area contributed by atoms with Crippen LogP contribution in [0.1, 0.15) is 27.0 Å². The number of halogens is 1. The maximum Gasteiger partial charge on any atom is 0.264 e. The second kappa shape index (κ2) is 9.00. The molecule has 1 aliphatic rings. The van der Waals surface area contributed by atoms with Gasteiger partial charge >= 0.3 is 0 Å². The average Bonchev–Trinajstić information content (AvgIpc) is 2.76. The number of hydrogen-bond acceptors (Lipinski definition) is 3. The van der Waals surface area contributed by atoms with E-state index in [4.69, 9.17) is 11.6 Å². The molecule has 0 fully saturated rings. The summed E-state index contributed by atoms with van der Waals surface area (Å²) in [6.07, 6.45) is 1.91. The lowest BCUT2D eigenvalue weighted by atomic mass is 10.1. The standard InChI is InChI=1S/C25H21ClN2O2S/c1-16-6-5-7-17(12-16)13-23-25(30)28(2)21-14-18(10-11-22(21)31-23)24(29)27-15-19-8-3-4-9-20(19)26/h3-14H,15H2,1-2H3,(H,27,29)/b23-13+. The fourth-order valence-corrected chi connectivity index (χ4v) is 4.66. The number of thioether (sulfide) groups is 1. The number of carbonyl (C=O) groups is 2. The van der Waals surface area contributed by atoms with Gasteiger partial charge < -0.3 is 10.2 Å².